The van der Waals surface area contributed by atoms with E-state index in [0.29, 0.717) is 45.0 Å². The number of amides is 1. The number of benzene rings is 4. The van der Waals surface area contributed by atoms with Crippen molar-refractivity contribution >= 4 is 62.1 Å². The number of thioether (sulfide) groups is 1. The van der Waals surface area contributed by atoms with Crippen LogP contribution >= 0.6 is 23.1 Å². The molecule has 1 aliphatic heterocycles. The maximum atomic E-state index is 13.9. The molecule has 0 spiro atoms. The molecule has 1 N–H and O–H groups in total. The van der Waals surface area contributed by atoms with Gasteiger partial charge in [0.25, 0.3) is 5.78 Å². The minimum absolute atomic E-state index is 0.0538. The molecule has 0 saturated carbocycles. The molecule has 9 nitrogen and oxygen atoms in total. The highest BCUT2D eigenvalue weighted by Crippen LogP contribution is 2.45. The Morgan fingerprint density at radius 2 is 1.64 bits per heavy atom. The second kappa shape index (κ2) is 13.3. The predicted octanol–water partition coefficient (Wildman–Crippen LogP) is 8.15. The average Bonchev–Trinajstić information content (AvgIpc) is 3.83. The Labute approximate surface area is 295 Å². The van der Waals surface area contributed by atoms with Gasteiger partial charge in [0.1, 0.15) is 23.7 Å². The van der Waals surface area contributed by atoms with Crippen molar-refractivity contribution in [3.8, 4) is 5.75 Å². The van der Waals surface area contributed by atoms with E-state index < -0.39 is 17.7 Å². The third-order valence-corrected chi connectivity index (χ3v) is 10.8. The summed E-state index contributed by atoms with van der Waals surface area (Å²) >= 11 is 2.75. The van der Waals surface area contributed by atoms with Crippen LogP contribution in [-0.2, 0) is 21.9 Å². The summed E-state index contributed by atoms with van der Waals surface area (Å²) in [6.07, 6.45) is 1.76. The molecule has 50 heavy (non-hydrogen) atoms. The Balaban J connectivity index is 1.16. The first kappa shape index (κ1) is 31.5. The second-order valence-corrected chi connectivity index (χ2v) is 13.9. The molecule has 0 aliphatic carbocycles. The lowest BCUT2D eigenvalue weighted by Crippen LogP contribution is -2.29. The number of nitrogens with zero attached hydrogens (tertiary/aromatic N) is 5. The van der Waals surface area contributed by atoms with Crippen molar-refractivity contribution in [1.29, 1.82) is 0 Å². The van der Waals surface area contributed by atoms with Crippen LogP contribution < -0.4 is 9.64 Å². The van der Waals surface area contributed by atoms with Crippen molar-refractivity contribution in [3.05, 3.63) is 155 Å². The molecule has 4 heterocycles. The smallest absolute Gasteiger partial charge is 0.301 e. The number of pyridine rings is 1. The van der Waals surface area contributed by atoms with Gasteiger partial charge in [-0.3, -0.25) is 18.9 Å². The van der Waals surface area contributed by atoms with E-state index in [1.807, 2.05) is 66.7 Å². The molecular formula is C39H29N5O4S2. The molecule has 1 amide bonds. The number of carbonyl (C=O) groups excluding carboxylic acids is 2. The number of fused-ring (bicyclic) bond motifs is 2. The van der Waals surface area contributed by atoms with Crippen LogP contribution in [0.1, 0.15) is 34.1 Å². The van der Waals surface area contributed by atoms with Gasteiger partial charge in [-0.25, -0.2) is 4.98 Å². The molecule has 0 bridgehead atoms. The van der Waals surface area contributed by atoms with Gasteiger partial charge < -0.3 is 9.84 Å². The van der Waals surface area contributed by atoms with Gasteiger partial charge in [0.2, 0.25) is 5.13 Å². The lowest BCUT2D eigenvalue weighted by molar-refractivity contribution is -0.132. The first-order valence-corrected chi connectivity index (χ1v) is 17.7. The number of aryl methyl sites for hydroxylation is 1. The number of ketones is 1. The highest BCUT2D eigenvalue weighted by atomic mass is 32.2. The molecular weight excluding hydrogens is 667 g/mol. The quantitative estimate of drug-likeness (QED) is 0.0530. The van der Waals surface area contributed by atoms with Gasteiger partial charge in [0, 0.05) is 11.9 Å². The first-order valence-electron chi connectivity index (χ1n) is 15.9. The summed E-state index contributed by atoms with van der Waals surface area (Å²) in [6.45, 7) is 2.15. The molecule has 1 aliphatic rings. The van der Waals surface area contributed by atoms with Crippen LogP contribution in [-0.4, -0.2) is 36.4 Å². The molecule has 11 heteroatoms. The highest BCUT2D eigenvalue weighted by molar-refractivity contribution is 8.00. The van der Waals surface area contributed by atoms with E-state index in [2.05, 4.69) is 39.4 Å². The lowest BCUT2D eigenvalue weighted by Gasteiger charge is -2.22. The third-order valence-electron chi connectivity index (χ3n) is 8.65. The molecule has 1 fully saturated rings. The topological polar surface area (TPSA) is 110 Å². The number of anilines is 1. The van der Waals surface area contributed by atoms with Crippen molar-refractivity contribution in [3.63, 3.8) is 0 Å². The summed E-state index contributed by atoms with van der Waals surface area (Å²) in [5, 5.41) is 23.3. The summed E-state index contributed by atoms with van der Waals surface area (Å²) in [5.74, 6) is -0.658. The van der Waals surface area contributed by atoms with E-state index in [-0.39, 0.29) is 16.5 Å². The number of aliphatic hydroxyl groups excluding tert-OH is 1. The van der Waals surface area contributed by atoms with Crippen LogP contribution in [0.4, 0.5) is 5.13 Å². The maximum absolute atomic E-state index is 13.9. The van der Waals surface area contributed by atoms with Crippen LogP contribution in [0.3, 0.4) is 0 Å². The monoisotopic (exact) mass is 695 g/mol. The Bertz CT molecular complexity index is 2420. The van der Waals surface area contributed by atoms with E-state index in [9.17, 15) is 14.7 Å². The van der Waals surface area contributed by atoms with Crippen LogP contribution in [0, 0.1) is 6.92 Å². The number of imidazole rings is 1. The molecule has 3 aromatic heterocycles. The van der Waals surface area contributed by atoms with E-state index in [4.69, 9.17) is 4.74 Å². The van der Waals surface area contributed by atoms with Crippen molar-refractivity contribution < 1.29 is 19.4 Å². The zero-order valence-corrected chi connectivity index (χ0v) is 28.4. The third kappa shape index (κ3) is 5.80. The standard InChI is InChI=1S/C39H29N5O4S2/c1-24-33(43-21-8-7-16-31(43)40-24)35(45)32-34(27-17-19-29(20-18-27)48-22-25-10-3-2-4-11-25)44(37(47)36(32)46)38-41-42-39(50-38)49-23-28-14-9-13-26-12-5-6-15-30(26)28/h2-21,34,45H,22-23H2,1H3/b35-32+. The molecule has 8 rings (SSSR count). The van der Waals surface area contributed by atoms with E-state index in [1.165, 1.54) is 28.0 Å². The van der Waals surface area contributed by atoms with Gasteiger partial charge >= 0.3 is 5.91 Å². The minimum Gasteiger partial charge on any atom is -0.505 e. The number of Topliss-reactive ketones (excluding diaryl/α,β-unsaturated/α-hetero) is 1. The molecule has 246 valence electrons. The highest BCUT2D eigenvalue weighted by Gasteiger charge is 2.49. The van der Waals surface area contributed by atoms with E-state index in [0.717, 1.165) is 21.9 Å². The maximum Gasteiger partial charge on any atom is 0.301 e. The largest absolute Gasteiger partial charge is 0.505 e. The van der Waals surface area contributed by atoms with Crippen molar-refractivity contribution in [2.24, 2.45) is 0 Å². The number of aromatic nitrogens is 4. The van der Waals surface area contributed by atoms with Gasteiger partial charge in [0.05, 0.1) is 17.3 Å². The number of rotatable bonds is 9. The van der Waals surface area contributed by atoms with Crippen molar-refractivity contribution in [2.45, 2.75) is 29.7 Å². The summed E-state index contributed by atoms with van der Waals surface area (Å²) in [5.41, 5.74) is 4.20. The first-order chi connectivity index (χ1) is 24.5. The molecule has 7 aromatic rings. The predicted molar refractivity (Wildman–Crippen MR) is 195 cm³/mol. The molecule has 1 saturated heterocycles. The SMILES string of the molecule is Cc1nc2ccccn2c1/C(O)=C1\C(=O)C(=O)N(c2nnc(SCc3cccc4ccccc34)s2)C1c1ccc(OCc2ccccc2)cc1. The normalized spacial score (nSPS) is 15.7. The summed E-state index contributed by atoms with van der Waals surface area (Å²) in [6, 6.07) is 35.9. The van der Waals surface area contributed by atoms with Crippen LogP contribution in [0.15, 0.2) is 131 Å². The van der Waals surface area contributed by atoms with Gasteiger partial charge in [-0.1, -0.05) is 114 Å². The summed E-state index contributed by atoms with van der Waals surface area (Å²) in [7, 11) is 0. The Hall–Kier alpha value is -5.78. The Kier molecular flexibility index (Phi) is 8.35. The number of hydrogen-bond acceptors (Lipinski definition) is 9. The van der Waals surface area contributed by atoms with E-state index in [1.54, 1.807) is 41.8 Å². The zero-order valence-electron chi connectivity index (χ0n) is 26.8. The second-order valence-electron chi connectivity index (χ2n) is 11.8. The lowest BCUT2D eigenvalue weighted by atomic mass is 9.96. The average molecular weight is 696 g/mol. The van der Waals surface area contributed by atoms with Crippen molar-refractivity contribution in [2.75, 3.05) is 4.90 Å². The summed E-state index contributed by atoms with van der Waals surface area (Å²) in [4.78, 5) is 33.7. The number of aliphatic hydroxyl groups is 1. The number of hydrogen-bond donors (Lipinski definition) is 1. The fraction of sp³-hybridized carbons (Fsp3) is 0.103. The number of ether oxygens (including phenoxy) is 1. The fourth-order valence-corrected chi connectivity index (χ4v) is 8.15. The van der Waals surface area contributed by atoms with Crippen LogP contribution in [0.5, 0.6) is 5.75 Å². The minimum atomic E-state index is -0.976. The van der Waals surface area contributed by atoms with Crippen LogP contribution in [0.25, 0.3) is 22.2 Å². The molecule has 4 aromatic carbocycles. The van der Waals surface area contributed by atoms with Gasteiger partial charge in [-0.05, 0) is 58.7 Å². The molecule has 1 atom stereocenters. The Morgan fingerprint density at radius 1 is 0.880 bits per heavy atom. The van der Waals surface area contributed by atoms with Crippen molar-refractivity contribution in [1.82, 2.24) is 19.6 Å². The Morgan fingerprint density at radius 3 is 2.48 bits per heavy atom. The number of carbonyl (C=O) groups is 2. The fourth-order valence-electron chi connectivity index (χ4n) is 6.27. The van der Waals surface area contributed by atoms with Gasteiger partial charge in [-0.2, -0.15) is 0 Å². The van der Waals surface area contributed by atoms with Gasteiger partial charge in [-0.15, -0.1) is 10.2 Å². The molecule has 1 unspecified atom stereocenters. The van der Waals surface area contributed by atoms with Gasteiger partial charge in [0.15, 0.2) is 10.1 Å². The zero-order chi connectivity index (χ0) is 34.2. The van der Waals surface area contributed by atoms with E-state index >= 15 is 0 Å². The van der Waals surface area contributed by atoms with Crippen LogP contribution in [0.2, 0.25) is 0 Å². The summed E-state index contributed by atoms with van der Waals surface area (Å²) < 4.78 is 8.37. The molecule has 0 radical (unpaired) electrons.